The van der Waals surface area contributed by atoms with Gasteiger partial charge in [-0.1, -0.05) is 37.1 Å². The summed E-state index contributed by atoms with van der Waals surface area (Å²) in [7, 11) is 3.57. The van der Waals surface area contributed by atoms with Crippen molar-refractivity contribution in [3.05, 3.63) is 35.4 Å². The molecule has 1 unspecified atom stereocenters. The SMILES string of the molecule is CN(C)C(=O)CN=C(NC1CCN(C2CCCC2)CC1)NC1CCc2ccccc2C1. The van der Waals surface area contributed by atoms with Gasteiger partial charge in [-0.15, -0.1) is 0 Å². The van der Waals surface area contributed by atoms with Crippen LogP contribution in [0, 0.1) is 0 Å². The van der Waals surface area contributed by atoms with Gasteiger partial charge in [0.1, 0.15) is 6.54 Å². The Morgan fingerprint density at radius 3 is 2.39 bits per heavy atom. The second-order valence-electron chi connectivity index (χ2n) is 9.70. The largest absolute Gasteiger partial charge is 0.354 e. The minimum absolute atomic E-state index is 0.0335. The van der Waals surface area contributed by atoms with E-state index in [1.165, 1.54) is 49.9 Å². The highest BCUT2D eigenvalue weighted by atomic mass is 16.2. The number of likely N-dealkylation sites (tertiary alicyclic amines) is 1. The fraction of sp³-hybridized carbons (Fsp3) is 0.680. The third kappa shape index (κ3) is 6.00. The summed E-state index contributed by atoms with van der Waals surface area (Å²) in [5.41, 5.74) is 2.90. The van der Waals surface area contributed by atoms with Crippen LogP contribution in [-0.2, 0) is 17.6 Å². The van der Waals surface area contributed by atoms with Gasteiger partial charge in [-0.2, -0.15) is 0 Å². The number of aliphatic imine (C=N–C) groups is 1. The zero-order valence-corrected chi connectivity index (χ0v) is 19.3. The summed E-state index contributed by atoms with van der Waals surface area (Å²) in [5, 5.41) is 7.33. The number of nitrogens with zero attached hydrogens (tertiary/aromatic N) is 3. The normalized spacial score (nSPS) is 23.4. The molecule has 0 bridgehead atoms. The molecule has 1 aromatic carbocycles. The molecular weight excluding hydrogens is 386 g/mol. The Kier molecular flexibility index (Phi) is 7.49. The molecule has 0 radical (unpaired) electrons. The van der Waals surface area contributed by atoms with Crippen molar-refractivity contribution >= 4 is 11.9 Å². The van der Waals surface area contributed by atoms with E-state index < -0.39 is 0 Å². The lowest BCUT2D eigenvalue weighted by molar-refractivity contribution is -0.127. The summed E-state index contributed by atoms with van der Waals surface area (Å²) in [6.07, 6.45) is 11.0. The minimum Gasteiger partial charge on any atom is -0.354 e. The van der Waals surface area contributed by atoms with Gasteiger partial charge in [-0.3, -0.25) is 4.79 Å². The highest BCUT2D eigenvalue weighted by Crippen LogP contribution is 2.26. The van der Waals surface area contributed by atoms with Gasteiger partial charge < -0.3 is 20.4 Å². The van der Waals surface area contributed by atoms with E-state index in [1.807, 2.05) is 0 Å². The molecule has 1 heterocycles. The van der Waals surface area contributed by atoms with Crippen LogP contribution in [0.25, 0.3) is 0 Å². The number of likely N-dealkylation sites (N-methyl/N-ethyl adjacent to an activating group) is 1. The van der Waals surface area contributed by atoms with Gasteiger partial charge in [-0.05, 0) is 56.1 Å². The molecule has 2 N–H and O–H groups in total. The summed E-state index contributed by atoms with van der Waals surface area (Å²) < 4.78 is 0. The van der Waals surface area contributed by atoms with Crippen molar-refractivity contribution in [2.24, 2.45) is 4.99 Å². The standard InChI is InChI=1S/C25H39N5O/c1-29(2)24(31)18-26-25(28-22-12-11-19-7-3-4-8-20(19)17-22)27-21-13-15-30(16-14-21)23-9-5-6-10-23/h3-4,7-8,21-23H,5-6,9-18H2,1-2H3,(H2,26,27,28). The average molecular weight is 426 g/mol. The lowest BCUT2D eigenvalue weighted by Crippen LogP contribution is -2.53. The number of amides is 1. The molecule has 31 heavy (non-hydrogen) atoms. The van der Waals surface area contributed by atoms with Crippen LogP contribution in [-0.4, -0.2) is 73.5 Å². The molecule has 1 amide bonds. The maximum absolute atomic E-state index is 12.1. The molecule has 1 saturated heterocycles. The molecule has 170 valence electrons. The quantitative estimate of drug-likeness (QED) is 0.562. The number of carbonyl (C=O) groups excluding carboxylic acids is 1. The van der Waals surface area contributed by atoms with Crippen LogP contribution in [0.4, 0.5) is 0 Å². The highest BCUT2D eigenvalue weighted by Gasteiger charge is 2.28. The molecular formula is C25H39N5O. The Bertz CT molecular complexity index is 763. The van der Waals surface area contributed by atoms with Crippen LogP contribution in [0.3, 0.4) is 0 Å². The first-order chi connectivity index (χ1) is 15.1. The number of guanidine groups is 1. The monoisotopic (exact) mass is 425 g/mol. The van der Waals surface area contributed by atoms with Crippen molar-refractivity contribution in [3.8, 4) is 0 Å². The van der Waals surface area contributed by atoms with Crippen molar-refractivity contribution in [1.29, 1.82) is 0 Å². The van der Waals surface area contributed by atoms with Crippen LogP contribution >= 0.6 is 0 Å². The average Bonchev–Trinajstić information content (AvgIpc) is 3.32. The number of piperidine rings is 1. The Balaban J connectivity index is 1.35. The number of nitrogens with one attached hydrogen (secondary N) is 2. The van der Waals surface area contributed by atoms with Gasteiger partial charge >= 0.3 is 0 Å². The fourth-order valence-corrected chi connectivity index (χ4v) is 5.31. The van der Waals surface area contributed by atoms with E-state index in [9.17, 15) is 4.79 Å². The van der Waals surface area contributed by atoms with E-state index in [0.29, 0.717) is 12.1 Å². The van der Waals surface area contributed by atoms with Gasteiger partial charge in [0, 0.05) is 45.3 Å². The molecule has 1 aliphatic heterocycles. The molecule has 3 aliphatic rings. The first kappa shape index (κ1) is 22.1. The van der Waals surface area contributed by atoms with E-state index in [2.05, 4.69) is 44.8 Å². The predicted molar refractivity (Wildman–Crippen MR) is 126 cm³/mol. The summed E-state index contributed by atoms with van der Waals surface area (Å²) >= 11 is 0. The van der Waals surface area contributed by atoms with Gasteiger partial charge in [0.2, 0.25) is 5.91 Å². The second-order valence-corrected chi connectivity index (χ2v) is 9.70. The third-order valence-corrected chi connectivity index (χ3v) is 7.27. The van der Waals surface area contributed by atoms with E-state index in [0.717, 1.165) is 44.1 Å². The molecule has 6 heteroatoms. The summed E-state index contributed by atoms with van der Waals surface area (Å²) in [4.78, 5) is 21.1. The number of aryl methyl sites for hydroxylation is 1. The van der Waals surface area contributed by atoms with E-state index in [-0.39, 0.29) is 12.5 Å². The Hall–Kier alpha value is -2.08. The fourth-order valence-electron chi connectivity index (χ4n) is 5.31. The summed E-state index contributed by atoms with van der Waals surface area (Å²) in [5.74, 6) is 0.838. The van der Waals surface area contributed by atoms with Crippen LogP contribution in [0.5, 0.6) is 0 Å². The van der Waals surface area contributed by atoms with Crippen LogP contribution in [0.15, 0.2) is 29.3 Å². The van der Waals surface area contributed by atoms with E-state index in [4.69, 9.17) is 0 Å². The van der Waals surface area contributed by atoms with Gasteiger partial charge in [0.25, 0.3) is 0 Å². The summed E-state index contributed by atoms with van der Waals surface area (Å²) in [6.45, 7) is 2.53. The number of rotatable bonds is 5. The Morgan fingerprint density at radius 1 is 1.00 bits per heavy atom. The maximum Gasteiger partial charge on any atom is 0.243 e. The lowest BCUT2D eigenvalue weighted by atomic mass is 9.88. The molecule has 2 aliphatic carbocycles. The zero-order valence-electron chi connectivity index (χ0n) is 19.3. The predicted octanol–water partition coefficient (Wildman–Crippen LogP) is 2.57. The van der Waals surface area contributed by atoms with Gasteiger partial charge in [0.15, 0.2) is 5.96 Å². The van der Waals surface area contributed by atoms with Crippen molar-refractivity contribution in [2.45, 2.75) is 75.9 Å². The molecule has 2 fully saturated rings. The molecule has 0 aromatic heterocycles. The third-order valence-electron chi connectivity index (χ3n) is 7.27. The van der Waals surface area contributed by atoms with E-state index in [1.54, 1.807) is 19.0 Å². The Morgan fingerprint density at radius 2 is 1.68 bits per heavy atom. The molecule has 4 rings (SSSR count). The first-order valence-corrected chi connectivity index (χ1v) is 12.2. The molecule has 6 nitrogen and oxygen atoms in total. The minimum atomic E-state index is 0.0335. The lowest BCUT2D eigenvalue weighted by Gasteiger charge is -2.37. The number of hydrogen-bond donors (Lipinski definition) is 2. The van der Waals surface area contributed by atoms with Crippen molar-refractivity contribution in [3.63, 3.8) is 0 Å². The Labute approximate surface area is 187 Å². The van der Waals surface area contributed by atoms with E-state index >= 15 is 0 Å². The van der Waals surface area contributed by atoms with Crippen LogP contribution < -0.4 is 10.6 Å². The molecule has 1 saturated carbocycles. The van der Waals surface area contributed by atoms with Gasteiger partial charge in [0.05, 0.1) is 0 Å². The smallest absolute Gasteiger partial charge is 0.243 e. The summed E-state index contributed by atoms with van der Waals surface area (Å²) in [6, 6.07) is 10.3. The molecule has 1 atom stereocenters. The number of carbonyl (C=O) groups is 1. The zero-order chi connectivity index (χ0) is 21.6. The highest BCUT2D eigenvalue weighted by molar-refractivity contribution is 5.85. The number of hydrogen-bond acceptors (Lipinski definition) is 3. The van der Waals surface area contributed by atoms with Crippen LogP contribution in [0.1, 0.15) is 56.1 Å². The second kappa shape index (κ2) is 10.5. The topological polar surface area (TPSA) is 60.0 Å². The van der Waals surface area contributed by atoms with Crippen LogP contribution in [0.2, 0.25) is 0 Å². The number of benzene rings is 1. The molecule has 1 aromatic rings. The molecule has 0 spiro atoms. The number of fused-ring (bicyclic) bond motifs is 1. The first-order valence-electron chi connectivity index (χ1n) is 12.2. The van der Waals surface area contributed by atoms with Crippen molar-refractivity contribution in [1.82, 2.24) is 20.4 Å². The van der Waals surface area contributed by atoms with Crippen molar-refractivity contribution < 1.29 is 4.79 Å². The van der Waals surface area contributed by atoms with Crippen molar-refractivity contribution in [2.75, 3.05) is 33.7 Å². The maximum atomic E-state index is 12.1. The van der Waals surface area contributed by atoms with Gasteiger partial charge in [-0.25, -0.2) is 4.99 Å².